The van der Waals surface area contributed by atoms with Crippen molar-refractivity contribution in [1.29, 1.82) is 0 Å². The molecule has 0 radical (unpaired) electrons. The lowest BCUT2D eigenvalue weighted by Crippen LogP contribution is -2.23. The normalized spacial score (nSPS) is 13.9. The fraction of sp³-hybridized carbons (Fsp3) is 0.294. The van der Waals surface area contributed by atoms with E-state index in [1.807, 2.05) is 60.7 Å². The number of hydrogen-bond acceptors (Lipinski definition) is 3. The average molecular weight is 271 g/mol. The smallest absolute Gasteiger partial charge is 0.0914 e. The van der Waals surface area contributed by atoms with Crippen molar-refractivity contribution in [2.45, 2.75) is 18.6 Å². The van der Waals surface area contributed by atoms with Gasteiger partial charge < -0.3 is 15.5 Å². The van der Waals surface area contributed by atoms with Crippen LogP contribution in [0.25, 0.3) is 0 Å². The Morgan fingerprint density at radius 2 is 1.25 bits per heavy atom. The molecule has 3 N–H and O–H groups in total. The van der Waals surface area contributed by atoms with Gasteiger partial charge in [-0.1, -0.05) is 60.7 Å². The van der Waals surface area contributed by atoms with Gasteiger partial charge in [0.05, 0.1) is 12.2 Å². The van der Waals surface area contributed by atoms with E-state index in [1.54, 1.807) is 0 Å². The van der Waals surface area contributed by atoms with Crippen molar-refractivity contribution in [3.63, 3.8) is 0 Å². The SMILES string of the molecule is O[C@H](CNCC[C@H](O)c1ccccc1)c1ccccc1. The molecule has 2 atom stereocenters. The Hall–Kier alpha value is -1.68. The maximum absolute atomic E-state index is 10.0. The molecule has 0 saturated heterocycles. The number of aliphatic hydroxyl groups is 2. The van der Waals surface area contributed by atoms with Crippen molar-refractivity contribution in [3.05, 3.63) is 71.8 Å². The number of nitrogens with one attached hydrogen (secondary N) is 1. The molecule has 3 heteroatoms. The quantitative estimate of drug-likeness (QED) is 0.678. The third-order valence-corrected chi connectivity index (χ3v) is 3.30. The van der Waals surface area contributed by atoms with Gasteiger partial charge >= 0.3 is 0 Å². The topological polar surface area (TPSA) is 52.5 Å². The maximum atomic E-state index is 10.0. The number of rotatable bonds is 7. The molecule has 2 aromatic carbocycles. The summed E-state index contributed by atoms with van der Waals surface area (Å²) < 4.78 is 0. The molecule has 0 bridgehead atoms. The minimum atomic E-state index is -0.509. The average Bonchev–Trinajstić information content (AvgIpc) is 2.53. The van der Waals surface area contributed by atoms with Gasteiger partial charge in [-0.2, -0.15) is 0 Å². The van der Waals surface area contributed by atoms with E-state index < -0.39 is 12.2 Å². The fourth-order valence-electron chi connectivity index (χ4n) is 2.11. The highest BCUT2D eigenvalue weighted by Crippen LogP contribution is 2.15. The van der Waals surface area contributed by atoms with Gasteiger partial charge in [0, 0.05) is 6.54 Å². The summed E-state index contributed by atoms with van der Waals surface area (Å²) in [5, 5.41) is 23.2. The van der Waals surface area contributed by atoms with Gasteiger partial charge in [0.2, 0.25) is 0 Å². The van der Waals surface area contributed by atoms with Crippen LogP contribution in [0.2, 0.25) is 0 Å². The van der Waals surface area contributed by atoms with Crippen molar-refractivity contribution >= 4 is 0 Å². The zero-order valence-corrected chi connectivity index (χ0v) is 11.4. The van der Waals surface area contributed by atoms with Gasteiger partial charge in [-0.25, -0.2) is 0 Å². The van der Waals surface area contributed by atoms with Crippen molar-refractivity contribution in [2.75, 3.05) is 13.1 Å². The van der Waals surface area contributed by atoms with E-state index in [0.717, 1.165) is 11.1 Å². The molecule has 0 aliphatic heterocycles. The first-order chi connectivity index (χ1) is 9.77. The highest BCUT2D eigenvalue weighted by molar-refractivity contribution is 5.18. The molecule has 20 heavy (non-hydrogen) atoms. The van der Waals surface area contributed by atoms with E-state index in [0.29, 0.717) is 19.5 Å². The molecule has 0 amide bonds. The number of hydrogen-bond donors (Lipinski definition) is 3. The maximum Gasteiger partial charge on any atom is 0.0914 e. The Labute approximate surface area is 119 Å². The molecule has 0 spiro atoms. The van der Waals surface area contributed by atoms with Crippen LogP contribution in [-0.4, -0.2) is 23.3 Å². The minimum absolute atomic E-state index is 0.461. The molecule has 3 nitrogen and oxygen atoms in total. The standard InChI is InChI=1S/C17H21NO2/c19-16(14-7-3-1-4-8-14)11-12-18-13-17(20)15-9-5-2-6-10-15/h1-10,16-20H,11-13H2/t16-,17+/m0/s1. The van der Waals surface area contributed by atoms with Crippen molar-refractivity contribution < 1.29 is 10.2 Å². The van der Waals surface area contributed by atoms with Crippen LogP contribution in [0, 0.1) is 0 Å². The van der Waals surface area contributed by atoms with Gasteiger partial charge in [-0.15, -0.1) is 0 Å². The minimum Gasteiger partial charge on any atom is -0.388 e. The van der Waals surface area contributed by atoms with E-state index in [4.69, 9.17) is 0 Å². The van der Waals surface area contributed by atoms with Crippen LogP contribution in [0.3, 0.4) is 0 Å². The molecule has 2 rings (SSSR count). The first-order valence-electron chi connectivity index (χ1n) is 6.94. The van der Waals surface area contributed by atoms with Crippen LogP contribution in [0.1, 0.15) is 29.8 Å². The summed E-state index contributed by atoms with van der Waals surface area (Å²) in [5.74, 6) is 0. The first kappa shape index (κ1) is 14.7. The summed E-state index contributed by atoms with van der Waals surface area (Å²) in [7, 11) is 0. The Bertz CT molecular complexity index is 439. The molecular weight excluding hydrogens is 250 g/mol. The van der Waals surface area contributed by atoms with Crippen LogP contribution in [-0.2, 0) is 0 Å². The summed E-state index contributed by atoms with van der Waals surface area (Å²) >= 11 is 0. The first-order valence-corrected chi connectivity index (χ1v) is 6.94. The van der Waals surface area contributed by atoms with Gasteiger partial charge in [-0.05, 0) is 24.1 Å². The van der Waals surface area contributed by atoms with E-state index in [9.17, 15) is 10.2 Å². The highest BCUT2D eigenvalue weighted by atomic mass is 16.3. The number of aliphatic hydroxyl groups excluding tert-OH is 2. The Morgan fingerprint density at radius 1 is 0.750 bits per heavy atom. The van der Waals surface area contributed by atoms with E-state index >= 15 is 0 Å². The summed E-state index contributed by atoms with van der Waals surface area (Å²) in [4.78, 5) is 0. The second kappa shape index (κ2) is 7.80. The molecule has 0 unspecified atom stereocenters. The van der Waals surface area contributed by atoms with Gasteiger partial charge in [-0.3, -0.25) is 0 Å². The van der Waals surface area contributed by atoms with Crippen LogP contribution >= 0.6 is 0 Å². The Kier molecular flexibility index (Phi) is 5.74. The Balaban J connectivity index is 1.69. The number of benzene rings is 2. The van der Waals surface area contributed by atoms with Crippen molar-refractivity contribution in [3.8, 4) is 0 Å². The lowest BCUT2D eigenvalue weighted by atomic mass is 10.1. The largest absolute Gasteiger partial charge is 0.388 e. The summed E-state index contributed by atoms with van der Waals surface area (Å²) in [6.07, 6.45) is -0.339. The molecule has 106 valence electrons. The van der Waals surface area contributed by atoms with Crippen LogP contribution in [0.15, 0.2) is 60.7 Å². The lowest BCUT2D eigenvalue weighted by molar-refractivity contribution is 0.154. The van der Waals surface area contributed by atoms with E-state index in [2.05, 4.69) is 5.32 Å². The molecule has 0 fully saturated rings. The monoisotopic (exact) mass is 271 g/mol. The second-order valence-electron chi connectivity index (χ2n) is 4.85. The molecule has 0 aliphatic carbocycles. The molecule has 0 heterocycles. The summed E-state index contributed by atoms with van der Waals surface area (Å²) in [6.45, 7) is 1.16. The highest BCUT2D eigenvalue weighted by Gasteiger charge is 2.08. The van der Waals surface area contributed by atoms with Crippen molar-refractivity contribution in [2.24, 2.45) is 0 Å². The van der Waals surface area contributed by atoms with Gasteiger partial charge in [0.1, 0.15) is 0 Å². The van der Waals surface area contributed by atoms with Gasteiger partial charge in [0.15, 0.2) is 0 Å². The van der Waals surface area contributed by atoms with E-state index in [-0.39, 0.29) is 0 Å². The van der Waals surface area contributed by atoms with Crippen LogP contribution in [0.5, 0.6) is 0 Å². The third-order valence-electron chi connectivity index (χ3n) is 3.30. The fourth-order valence-corrected chi connectivity index (χ4v) is 2.11. The zero-order valence-electron chi connectivity index (χ0n) is 11.4. The molecule has 2 aromatic rings. The Morgan fingerprint density at radius 3 is 1.80 bits per heavy atom. The van der Waals surface area contributed by atoms with Gasteiger partial charge in [0.25, 0.3) is 0 Å². The summed E-state index contributed by atoms with van der Waals surface area (Å²) in [5.41, 5.74) is 1.83. The molecule has 0 aliphatic rings. The molecular formula is C17H21NO2. The van der Waals surface area contributed by atoms with Crippen molar-refractivity contribution in [1.82, 2.24) is 5.32 Å². The van der Waals surface area contributed by atoms with Crippen LogP contribution < -0.4 is 5.32 Å². The zero-order chi connectivity index (χ0) is 14.2. The van der Waals surface area contributed by atoms with E-state index in [1.165, 1.54) is 0 Å². The van der Waals surface area contributed by atoms with Crippen LogP contribution in [0.4, 0.5) is 0 Å². The summed E-state index contributed by atoms with van der Waals surface area (Å²) in [6, 6.07) is 19.2. The predicted molar refractivity (Wildman–Crippen MR) is 80.3 cm³/mol. The predicted octanol–water partition coefficient (Wildman–Crippen LogP) is 2.43. The molecule has 0 saturated carbocycles. The third kappa shape index (κ3) is 4.46. The molecule has 0 aromatic heterocycles. The second-order valence-corrected chi connectivity index (χ2v) is 4.85. The lowest BCUT2D eigenvalue weighted by Gasteiger charge is -2.14.